The Bertz CT molecular complexity index is 633. The lowest BCUT2D eigenvalue weighted by molar-refractivity contribution is -0.402. The van der Waals surface area contributed by atoms with Crippen LogP contribution < -0.4 is 5.32 Å². The quantitative estimate of drug-likeness (QED) is 0.621. The molecule has 0 spiro atoms. The number of aliphatic hydroxyl groups is 1. The van der Waals surface area contributed by atoms with Gasteiger partial charge in [0.2, 0.25) is 0 Å². The van der Waals surface area contributed by atoms with Crippen LogP contribution in [0.2, 0.25) is 0 Å². The molecule has 7 heteroatoms. The van der Waals surface area contributed by atoms with Crippen molar-refractivity contribution in [2.24, 2.45) is 0 Å². The minimum absolute atomic E-state index is 0.00567. The Labute approximate surface area is 120 Å². The van der Waals surface area contributed by atoms with Gasteiger partial charge in [-0.1, -0.05) is 24.3 Å². The van der Waals surface area contributed by atoms with Gasteiger partial charge in [-0.25, -0.2) is 0 Å². The predicted octanol–water partition coefficient (Wildman–Crippen LogP) is 1.65. The molecular formula is C14H14N2O5. The van der Waals surface area contributed by atoms with Crippen molar-refractivity contribution in [3.8, 4) is 0 Å². The summed E-state index contributed by atoms with van der Waals surface area (Å²) in [5.74, 6) is -1.04. The number of benzene rings is 1. The Morgan fingerprint density at radius 1 is 1.19 bits per heavy atom. The van der Waals surface area contributed by atoms with Crippen LogP contribution in [0.1, 0.15) is 21.7 Å². The maximum atomic E-state index is 11.7. The van der Waals surface area contributed by atoms with E-state index in [9.17, 15) is 14.9 Å². The summed E-state index contributed by atoms with van der Waals surface area (Å²) < 4.78 is 4.80. The highest BCUT2D eigenvalue weighted by Crippen LogP contribution is 2.15. The molecule has 0 unspecified atom stereocenters. The summed E-state index contributed by atoms with van der Waals surface area (Å²) in [5, 5.41) is 22.0. The number of aliphatic hydroxyl groups excluding tert-OH is 1. The third-order valence-corrected chi connectivity index (χ3v) is 2.90. The number of furan rings is 1. The number of carbonyl (C=O) groups is 1. The van der Waals surface area contributed by atoms with Crippen LogP contribution in [0.15, 0.2) is 40.8 Å². The Morgan fingerprint density at radius 3 is 2.43 bits per heavy atom. The van der Waals surface area contributed by atoms with Gasteiger partial charge in [-0.2, -0.15) is 0 Å². The van der Waals surface area contributed by atoms with Crippen molar-refractivity contribution in [3.05, 3.63) is 63.4 Å². The normalized spacial score (nSPS) is 10.3. The summed E-state index contributed by atoms with van der Waals surface area (Å²) in [7, 11) is 0. The van der Waals surface area contributed by atoms with Crippen LogP contribution in [0.25, 0.3) is 0 Å². The Kier molecular flexibility index (Phi) is 4.68. The lowest BCUT2D eigenvalue weighted by Gasteiger charge is -2.04. The van der Waals surface area contributed by atoms with Gasteiger partial charge < -0.3 is 14.8 Å². The lowest BCUT2D eigenvalue weighted by atomic mass is 10.1. The first kappa shape index (κ1) is 14.7. The van der Waals surface area contributed by atoms with E-state index in [1.807, 2.05) is 24.3 Å². The number of carbonyl (C=O) groups excluding carboxylic acids is 1. The minimum atomic E-state index is -0.695. The van der Waals surface area contributed by atoms with Gasteiger partial charge >= 0.3 is 5.88 Å². The molecule has 110 valence electrons. The molecule has 0 atom stereocenters. The van der Waals surface area contributed by atoms with Crippen molar-refractivity contribution in [2.75, 3.05) is 6.54 Å². The zero-order valence-corrected chi connectivity index (χ0v) is 11.1. The highest BCUT2D eigenvalue weighted by molar-refractivity contribution is 5.91. The third kappa shape index (κ3) is 3.90. The maximum absolute atomic E-state index is 11.7. The molecule has 21 heavy (non-hydrogen) atoms. The van der Waals surface area contributed by atoms with Gasteiger partial charge in [0.1, 0.15) is 4.92 Å². The molecule has 1 amide bonds. The first-order valence-electron chi connectivity index (χ1n) is 6.31. The van der Waals surface area contributed by atoms with E-state index in [0.29, 0.717) is 13.0 Å². The van der Waals surface area contributed by atoms with E-state index >= 15 is 0 Å². The summed E-state index contributed by atoms with van der Waals surface area (Å²) in [5.41, 5.74) is 1.84. The number of nitrogens with zero attached hydrogens (tertiary/aromatic N) is 1. The van der Waals surface area contributed by atoms with Crippen LogP contribution in [-0.2, 0) is 13.0 Å². The molecule has 0 aliphatic carbocycles. The van der Waals surface area contributed by atoms with Gasteiger partial charge in [-0.15, -0.1) is 0 Å². The number of nitrogens with one attached hydrogen (secondary N) is 1. The van der Waals surface area contributed by atoms with Crippen LogP contribution in [0.3, 0.4) is 0 Å². The molecule has 1 aromatic carbocycles. The maximum Gasteiger partial charge on any atom is 0.433 e. The number of nitro groups is 1. The van der Waals surface area contributed by atoms with Crippen LogP contribution in [0, 0.1) is 10.1 Å². The average molecular weight is 290 g/mol. The second-order valence-electron chi connectivity index (χ2n) is 4.38. The van der Waals surface area contributed by atoms with Gasteiger partial charge in [0.15, 0.2) is 5.76 Å². The molecule has 1 aromatic heterocycles. The molecule has 0 saturated carbocycles. The molecule has 0 aliphatic heterocycles. The fourth-order valence-corrected chi connectivity index (χ4v) is 1.77. The Hall–Kier alpha value is -2.67. The van der Waals surface area contributed by atoms with Crippen LogP contribution in [-0.4, -0.2) is 22.5 Å². The van der Waals surface area contributed by atoms with Gasteiger partial charge in [-0.05, 0) is 23.6 Å². The van der Waals surface area contributed by atoms with E-state index in [1.165, 1.54) is 6.07 Å². The summed E-state index contributed by atoms with van der Waals surface area (Å²) in [6, 6.07) is 9.77. The molecule has 2 N–H and O–H groups in total. The molecule has 0 bridgehead atoms. The summed E-state index contributed by atoms with van der Waals surface area (Å²) in [6.45, 7) is 0.375. The number of rotatable bonds is 6. The molecule has 0 saturated heterocycles. The monoisotopic (exact) mass is 290 g/mol. The Morgan fingerprint density at radius 2 is 1.86 bits per heavy atom. The Balaban J connectivity index is 1.84. The van der Waals surface area contributed by atoms with E-state index < -0.39 is 16.7 Å². The van der Waals surface area contributed by atoms with Gasteiger partial charge in [0.05, 0.1) is 12.7 Å². The summed E-state index contributed by atoms with van der Waals surface area (Å²) >= 11 is 0. The lowest BCUT2D eigenvalue weighted by Crippen LogP contribution is -2.25. The van der Waals surface area contributed by atoms with Crippen molar-refractivity contribution in [2.45, 2.75) is 13.0 Å². The second kappa shape index (κ2) is 6.67. The zero-order chi connectivity index (χ0) is 15.2. The minimum Gasteiger partial charge on any atom is -0.395 e. The van der Waals surface area contributed by atoms with Crippen molar-refractivity contribution >= 4 is 11.8 Å². The fraction of sp³-hybridized carbons (Fsp3) is 0.214. The highest BCUT2D eigenvalue weighted by Gasteiger charge is 2.16. The SMILES string of the molecule is O=C(NCCc1ccc(CO)cc1)c1ccc([N+](=O)[O-])o1. The summed E-state index contributed by atoms with van der Waals surface area (Å²) in [6.07, 6.45) is 0.611. The topological polar surface area (TPSA) is 106 Å². The number of amides is 1. The van der Waals surface area contributed by atoms with Crippen molar-refractivity contribution < 1.29 is 19.2 Å². The largest absolute Gasteiger partial charge is 0.433 e. The highest BCUT2D eigenvalue weighted by atomic mass is 16.6. The predicted molar refractivity (Wildman–Crippen MR) is 73.8 cm³/mol. The fourth-order valence-electron chi connectivity index (χ4n) is 1.77. The number of hydrogen-bond donors (Lipinski definition) is 2. The summed E-state index contributed by atoms with van der Waals surface area (Å²) in [4.78, 5) is 21.5. The molecular weight excluding hydrogens is 276 g/mol. The van der Waals surface area contributed by atoms with E-state index in [2.05, 4.69) is 5.32 Å². The van der Waals surface area contributed by atoms with Crippen LogP contribution in [0.5, 0.6) is 0 Å². The molecule has 0 aliphatic rings. The third-order valence-electron chi connectivity index (χ3n) is 2.90. The van der Waals surface area contributed by atoms with Crippen LogP contribution >= 0.6 is 0 Å². The van der Waals surface area contributed by atoms with Crippen molar-refractivity contribution in [1.29, 1.82) is 0 Å². The van der Waals surface area contributed by atoms with E-state index in [1.54, 1.807) is 0 Å². The van der Waals surface area contributed by atoms with Crippen molar-refractivity contribution in [3.63, 3.8) is 0 Å². The molecule has 0 fully saturated rings. The molecule has 7 nitrogen and oxygen atoms in total. The molecule has 2 rings (SSSR count). The zero-order valence-electron chi connectivity index (χ0n) is 11.1. The molecule has 1 heterocycles. The first-order chi connectivity index (χ1) is 10.1. The number of hydrogen-bond acceptors (Lipinski definition) is 5. The molecule has 2 aromatic rings. The van der Waals surface area contributed by atoms with Gasteiger partial charge in [0, 0.05) is 6.54 Å². The smallest absolute Gasteiger partial charge is 0.395 e. The first-order valence-corrected chi connectivity index (χ1v) is 6.31. The van der Waals surface area contributed by atoms with Gasteiger partial charge in [-0.3, -0.25) is 14.9 Å². The van der Waals surface area contributed by atoms with E-state index in [0.717, 1.165) is 17.2 Å². The van der Waals surface area contributed by atoms with E-state index in [-0.39, 0.29) is 12.4 Å². The van der Waals surface area contributed by atoms with Crippen LogP contribution in [0.4, 0.5) is 5.88 Å². The molecule has 0 radical (unpaired) electrons. The second-order valence-corrected chi connectivity index (χ2v) is 4.38. The standard InChI is InChI=1S/C14H14N2O5/c17-9-11-3-1-10(2-4-11)7-8-15-14(18)12-5-6-13(21-12)16(19)20/h1-6,17H,7-9H2,(H,15,18). The van der Waals surface area contributed by atoms with Gasteiger partial charge in [0.25, 0.3) is 5.91 Å². The average Bonchev–Trinajstić information content (AvgIpc) is 2.98. The van der Waals surface area contributed by atoms with Crippen molar-refractivity contribution in [1.82, 2.24) is 5.32 Å². The van der Waals surface area contributed by atoms with E-state index in [4.69, 9.17) is 9.52 Å².